The van der Waals surface area contributed by atoms with Gasteiger partial charge in [-0.05, 0) is 18.8 Å². The summed E-state index contributed by atoms with van der Waals surface area (Å²) in [4.78, 5) is 11.3. The van der Waals surface area contributed by atoms with Crippen molar-refractivity contribution < 1.29 is 0 Å². The van der Waals surface area contributed by atoms with Crippen molar-refractivity contribution in [1.29, 1.82) is 5.26 Å². The van der Waals surface area contributed by atoms with E-state index in [1.54, 1.807) is 6.20 Å². The number of hydrogen-bond donors (Lipinski definition) is 2. The van der Waals surface area contributed by atoms with E-state index in [1.165, 1.54) is 19.2 Å². The molecule has 5 heteroatoms. The molecule has 1 aliphatic carbocycles. The van der Waals surface area contributed by atoms with Gasteiger partial charge in [-0.2, -0.15) is 5.26 Å². The molecule has 0 unspecified atom stereocenters. The number of aromatic nitrogens is 3. The summed E-state index contributed by atoms with van der Waals surface area (Å²) >= 11 is 0. The van der Waals surface area contributed by atoms with Gasteiger partial charge < -0.3 is 10.3 Å². The van der Waals surface area contributed by atoms with Gasteiger partial charge in [-0.25, -0.2) is 9.97 Å². The van der Waals surface area contributed by atoms with Gasteiger partial charge in [0.2, 0.25) is 0 Å². The Labute approximate surface area is 92.5 Å². The Morgan fingerprint density at radius 3 is 3.12 bits per heavy atom. The van der Waals surface area contributed by atoms with E-state index >= 15 is 0 Å². The van der Waals surface area contributed by atoms with Crippen molar-refractivity contribution in [3.05, 3.63) is 18.1 Å². The molecule has 2 heterocycles. The van der Waals surface area contributed by atoms with E-state index in [2.05, 4.69) is 26.3 Å². The van der Waals surface area contributed by atoms with E-state index in [0.29, 0.717) is 11.2 Å². The van der Waals surface area contributed by atoms with Crippen LogP contribution in [-0.2, 0) is 0 Å². The van der Waals surface area contributed by atoms with Crippen molar-refractivity contribution in [2.75, 3.05) is 11.9 Å². The van der Waals surface area contributed by atoms with E-state index < -0.39 is 0 Å². The second-order valence-electron chi connectivity index (χ2n) is 4.08. The van der Waals surface area contributed by atoms with Gasteiger partial charge in [0.15, 0.2) is 0 Å². The SMILES string of the molecule is N#Cc1c[nH]c2ncnc(NCC3CC3)c12. The van der Waals surface area contributed by atoms with E-state index in [4.69, 9.17) is 5.26 Å². The minimum atomic E-state index is 0.592. The Bertz CT molecular complexity index is 561. The molecule has 2 aromatic heterocycles. The average Bonchev–Trinajstić information content (AvgIpc) is 3.04. The van der Waals surface area contributed by atoms with Crippen molar-refractivity contribution >= 4 is 16.9 Å². The highest BCUT2D eigenvalue weighted by Crippen LogP contribution is 2.30. The number of fused-ring (bicyclic) bond motifs is 1. The topological polar surface area (TPSA) is 77.4 Å². The van der Waals surface area contributed by atoms with Crippen LogP contribution in [0.3, 0.4) is 0 Å². The maximum atomic E-state index is 8.99. The predicted molar refractivity (Wildman–Crippen MR) is 59.8 cm³/mol. The Kier molecular flexibility index (Phi) is 2.00. The third-order valence-corrected chi connectivity index (χ3v) is 2.85. The lowest BCUT2D eigenvalue weighted by molar-refractivity contribution is 0.883. The zero-order chi connectivity index (χ0) is 11.0. The first-order valence-corrected chi connectivity index (χ1v) is 5.34. The largest absolute Gasteiger partial charge is 0.369 e. The standard InChI is InChI=1S/C11H11N5/c12-3-8-5-14-11-9(8)10(15-6-16-11)13-4-7-1-2-7/h5-7H,1-2,4H2,(H2,13,14,15,16). The highest BCUT2D eigenvalue weighted by Gasteiger charge is 2.21. The van der Waals surface area contributed by atoms with Gasteiger partial charge in [0.25, 0.3) is 0 Å². The van der Waals surface area contributed by atoms with Crippen LogP contribution in [0.15, 0.2) is 12.5 Å². The summed E-state index contributed by atoms with van der Waals surface area (Å²) in [6, 6.07) is 2.14. The highest BCUT2D eigenvalue weighted by molar-refractivity contribution is 5.92. The van der Waals surface area contributed by atoms with Gasteiger partial charge in [-0.3, -0.25) is 0 Å². The van der Waals surface area contributed by atoms with E-state index in [0.717, 1.165) is 23.7 Å². The molecule has 5 nitrogen and oxygen atoms in total. The number of nitrogens with zero attached hydrogens (tertiary/aromatic N) is 3. The Morgan fingerprint density at radius 2 is 2.38 bits per heavy atom. The van der Waals surface area contributed by atoms with Crippen LogP contribution in [0.25, 0.3) is 11.0 Å². The molecule has 16 heavy (non-hydrogen) atoms. The first kappa shape index (κ1) is 9.16. The molecule has 80 valence electrons. The molecule has 0 amide bonds. The number of aromatic amines is 1. The fraction of sp³-hybridized carbons (Fsp3) is 0.364. The molecule has 0 spiro atoms. The smallest absolute Gasteiger partial charge is 0.144 e. The lowest BCUT2D eigenvalue weighted by Gasteiger charge is -2.04. The summed E-state index contributed by atoms with van der Waals surface area (Å²) in [6.07, 6.45) is 5.76. The van der Waals surface area contributed by atoms with Crippen LogP contribution in [0.4, 0.5) is 5.82 Å². The molecular weight excluding hydrogens is 202 g/mol. The molecule has 1 fully saturated rings. The quantitative estimate of drug-likeness (QED) is 0.812. The second-order valence-corrected chi connectivity index (χ2v) is 4.08. The van der Waals surface area contributed by atoms with Gasteiger partial charge in [0, 0.05) is 12.7 Å². The molecule has 1 aliphatic rings. The number of hydrogen-bond acceptors (Lipinski definition) is 4. The van der Waals surface area contributed by atoms with Crippen LogP contribution in [0.5, 0.6) is 0 Å². The van der Waals surface area contributed by atoms with Crippen LogP contribution in [0.1, 0.15) is 18.4 Å². The van der Waals surface area contributed by atoms with Gasteiger partial charge in [-0.15, -0.1) is 0 Å². The molecule has 2 N–H and O–H groups in total. The first-order chi connectivity index (χ1) is 7.88. The van der Waals surface area contributed by atoms with Gasteiger partial charge in [-0.1, -0.05) is 0 Å². The summed E-state index contributed by atoms with van der Waals surface area (Å²) in [5.74, 6) is 1.53. The first-order valence-electron chi connectivity index (χ1n) is 5.34. The maximum Gasteiger partial charge on any atom is 0.144 e. The Hall–Kier alpha value is -2.09. The number of H-pyrrole nitrogens is 1. The number of nitrogens with one attached hydrogen (secondary N) is 2. The number of nitriles is 1. The highest BCUT2D eigenvalue weighted by atomic mass is 15.0. The third kappa shape index (κ3) is 1.48. The monoisotopic (exact) mass is 213 g/mol. The summed E-state index contributed by atoms with van der Waals surface area (Å²) in [5, 5.41) is 13.1. The molecule has 1 saturated carbocycles. The van der Waals surface area contributed by atoms with Crippen molar-refractivity contribution in [3.8, 4) is 6.07 Å². The van der Waals surface area contributed by atoms with Crippen molar-refractivity contribution in [2.45, 2.75) is 12.8 Å². The van der Waals surface area contributed by atoms with Crippen molar-refractivity contribution in [3.63, 3.8) is 0 Å². The fourth-order valence-corrected chi connectivity index (χ4v) is 1.75. The van der Waals surface area contributed by atoms with Crippen LogP contribution in [0.2, 0.25) is 0 Å². The van der Waals surface area contributed by atoms with Gasteiger partial charge in [0.05, 0.1) is 10.9 Å². The lowest BCUT2D eigenvalue weighted by Crippen LogP contribution is -2.05. The lowest BCUT2D eigenvalue weighted by atomic mass is 10.2. The van der Waals surface area contributed by atoms with Crippen molar-refractivity contribution in [2.24, 2.45) is 5.92 Å². The van der Waals surface area contributed by atoms with E-state index in [-0.39, 0.29) is 0 Å². The molecule has 0 atom stereocenters. The van der Waals surface area contributed by atoms with Crippen LogP contribution >= 0.6 is 0 Å². The van der Waals surface area contributed by atoms with Crippen LogP contribution in [-0.4, -0.2) is 21.5 Å². The normalized spacial score (nSPS) is 14.9. The molecule has 2 aromatic rings. The van der Waals surface area contributed by atoms with Gasteiger partial charge >= 0.3 is 0 Å². The number of anilines is 1. The molecule has 0 radical (unpaired) electrons. The third-order valence-electron chi connectivity index (χ3n) is 2.85. The predicted octanol–water partition coefficient (Wildman–Crippen LogP) is 1.65. The minimum Gasteiger partial charge on any atom is -0.369 e. The molecule has 0 aliphatic heterocycles. The van der Waals surface area contributed by atoms with Gasteiger partial charge in [0.1, 0.15) is 23.9 Å². The molecule has 0 aromatic carbocycles. The molecule has 0 bridgehead atoms. The van der Waals surface area contributed by atoms with Crippen molar-refractivity contribution in [1.82, 2.24) is 15.0 Å². The molecule has 3 rings (SSSR count). The van der Waals surface area contributed by atoms with Crippen LogP contribution in [0, 0.1) is 17.2 Å². The fourth-order valence-electron chi connectivity index (χ4n) is 1.75. The minimum absolute atomic E-state index is 0.592. The summed E-state index contributed by atoms with van der Waals surface area (Å²) < 4.78 is 0. The van der Waals surface area contributed by atoms with Crippen LogP contribution < -0.4 is 5.32 Å². The Morgan fingerprint density at radius 1 is 1.50 bits per heavy atom. The molecular formula is C11H11N5. The zero-order valence-corrected chi connectivity index (χ0v) is 8.70. The maximum absolute atomic E-state index is 8.99. The molecule has 0 saturated heterocycles. The van der Waals surface area contributed by atoms with E-state index in [1.807, 2.05) is 0 Å². The second kappa shape index (κ2) is 3.49. The zero-order valence-electron chi connectivity index (χ0n) is 8.70. The Balaban J connectivity index is 2.00. The number of rotatable bonds is 3. The average molecular weight is 213 g/mol. The summed E-state index contributed by atoms with van der Waals surface area (Å²) in [6.45, 7) is 0.933. The summed E-state index contributed by atoms with van der Waals surface area (Å²) in [5.41, 5.74) is 1.30. The summed E-state index contributed by atoms with van der Waals surface area (Å²) in [7, 11) is 0. The van der Waals surface area contributed by atoms with E-state index in [9.17, 15) is 0 Å².